The van der Waals surface area contributed by atoms with Gasteiger partial charge in [0.1, 0.15) is 9.76 Å². The second-order valence-corrected chi connectivity index (χ2v) is 6.98. The maximum absolute atomic E-state index is 5.43. The van der Waals surface area contributed by atoms with Gasteiger partial charge in [0.05, 0.1) is 0 Å². The summed E-state index contributed by atoms with van der Waals surface area (Å²) in [6.07, 6.45) is 0. The van der Waals surface area contributed by atoms with E-state index in [1.165, 1.54) is 0 Å². The molecule has 0 unspecified atom stereocenters. The Kier molecular flexibility index (Phi) is 12.5. The molecule has 0 fully saturated rings. The van der Waals surface area contributed by atoms with Gasteiger partial charge in [-0.25, -0.2) is 0 Å². The third-order valence-electron chi connectivity index (χ3n) is 0.984. The highest BCUT2D eigenvalue weighted by Crippen LogP contribution is 2.01. The van der Waals surface area contributed by atoms with Gasteiger partial charge in [-0.1, -0.05) is 21.4 Å². The summed E-state index contributed by atoms with van der Waals surface area (Å²) in [5.41, 5.74) is 0. The normalized spacial score (nSPS) is 10.8. The van der Waals surface area contributed by atoms with Crippen molar-refractivity contribution in [2.45, 2.75) is 34.5 Å². The standard InChI is InChI=1S/C4H14O2Si2.2CH4/c1-5-8(3,4)6-7-2;;/h7H2,1-4H3;2*1H4. The molecule has 0 aliphatic carbocycles. The molecule has 4 heteroatoms. The van der Waals surface area contributed by atoms with Crippen LogP contribution in [-0.4, -0.2) is 25.4 Å². The molecule has 0 saturated heterocycles. The molecule has 0 heterocycles. The SMILES string of the molecule is C.C.CO[Si](C)(C)O[SiH2]C. The molecule has 0 aromatic heterocycles. The average Bonchev–Trinajstić information content (AvgIpc) is 1.67. The first-order valence-corrected chi connectivity index (χ1v) is 7.62. The highest BCUT2D eigenvalue weighted by molar-refractivity contribution is 6.69. The van der Waals surface area contributed by atoms with Crippen molar-refractivity contribution >= 4 is 18.3 Å². The maximum Gasteiger partial charge on any atom is 0.320 e. The van der Waals surface area contributed by atoms with Gasteiger partial charge < -0.3 is 8.54 Å². The van der Waals surface area contributed by atoms with E-state index in [4.69, 9.17) is 8.54 Å². The summed E-state index contributed by atoms with van der Waals surface area (Å²) in [4.78, 5) is 0. The largest absolute Gasteiger partial charge is 0.442 e. The van der Waals surface area contributed by atoms with Crippen LogP contribution in [0.5, 0.6) is 0 Å². The number of rotatable bonds is 3. The maximum atomic E-state index is 5.43. The van der Waals surface area contributed by atoms with Crippen LogP contribution in [0.15, 0.2) is 0 Å². The number of hydrogen-bond acceptors (Lipinski definition) is 2. The minimum atomic E-state index is -1.62. The monoisotopic (exact) mass is 182 g/mol. The van der Waals surface area contributed by atoms with Crippen LogP contribution in [0.25, 0.3) is 0 Å². The lowest BCUT2D eigenvalue weighted by atomic mass is 11.8. The summed E-state index contributed by atoms with van der Waals surface area (Å²) in [6.45, 7) is 6.24. The van der Waals surface area contributed by atoms with Crippen molar-refractivity contribution in [1.82, 2.24) is 0 Å². The molecule has 0 aliphatic heterocycles. The smallest absolute Gasteiger partial charge is 0.320 e. The molecule has 0 radical (unpaired) electrons. The van der Waals surface area contributed by atoms with Crippen molar-refractivity contribution in [3.05, 3.63) is 0 Å². The summed E-state index contributed by atoms with van der Waals surface area (Å²) in [7, 11) is -0.161. The molecular formula is C6H22O2Si2. The van der Waals surface area contributed by atoms with Crippen LogP contribution < -0.4 is 0 Å². The lowest BCUT2D eigenvalue weighted by molar-refractivity contribution is 0.321. The highest BCUT2D eigenvalue weighted by atomic mass is 28.4. The lowest BCUT2D eigenvalue weighted by Gasteiger charge is -2.18. The molecule has 0 amide bonds. The zero-order valence-electron chi connectivity index (χ0n) is 6.02. The van der Waals surface area contributed by atoms with Crippen LogP contribution in [-0.2, 0) is 8.54 Å². The summed E-state index contributed by atoms with van der Waals surface area (Å²) in [5.74, 6) is 0. The highest BCUT2D eigenvalue weighted by Gasteiger charge is 2.19. The van der Waals surface area contributed by atoms with E-state index in [1.807, 2.05) is 0 Å². The van der Waals surface area contributed by atoms with Crippen LogP contribution in [0, 0.1) is 0 Å². The van der Waals surface area contributed by atoms with E-state index in [1.54, 1.807) is 7.11 Å². The molecular weight excluding hydrogens is 160 g/mol. The van der Waals surface area contributed by atoms with Crippen molar-refractivity contribution in [2.24, 2.45) is 0 Å². The van der Waals surface area contributed by atoms with Crippen LogP contribution >= 0.6 is 0 Å². The van der Waals surface area contributed by atoms with Crippen molar-refractivity contribution in [3.63, 3.8) is 0 Å². The van der Waals surface area contributed by atoms with Crippen LogP contribution in [0.2, 0.25) is 19.6 Å². The van der Waals surface area contributed by atoms with Gasteiger partial charge in [-0.2, -0.15) is 0 Å². The quantitative estimate of drug-likeness (QED) is 0.619. The van der Waals surface area contributed by atoms with Crippen LogP contribution in [0.4, 0.5) is 0 Å². The van der Waals surface area contributed by atoms with Crippen molar-refractivity contribution in [3.8, 4) is 0 Å². The fourth-order valence-electron chi connectivity index (χ4n) is 0.407. The minimum Gasteiger partial charge on any atom is -0.442 e. The average molecular weight is 182 g/mol. The van der Waals surface area contributed by atoms with Gasteiger partial charge in [0.15, 0.2) is 0 Å². The molecule has 0 N–H and O–H groups in total. The van der Waals surface area contributed by atoms with E-state index >= 15 is 0 Å². The third kappa shape index (κ3) is 8.35. The molecule has 0 atom stereocenters. The molecule has 0 spiro atoms. The van der Waals surface area contributed by atoms with E-state index in [2.05, 4.69) is 19.6 Å². The zero-order valence-corrected chi connectivity index (χ0v) is 8.44. The second kappa shape index (κ2) is 7.46. The molecule has 0 bridgehead atoms. The molecule has 2 nitrogen and oxygen atoms in total. The first-order chi connectivity index (χ1) is 3.62. The van der Waals surface area contributed by atoms with Gasteiger partial charge in [-0.3, -0.25) is 0 Å². The first-order valence-electron chi connectivity index (χ1n) is 2.81. The fourth-order valence-corrected chi connectivity index (χ4v) is 3.66. The fraction of sp³-hybridized carbons (Fsp3) is 1.00. The van der Waals surface area contributed by atoms with E-state index < -0.39 is 8.56 Å². The molecule has 10 heavy (non-hydrogen) atoms. The summed E-state index contributed by atoms with van der Waals surface area (Å²) in [6, 6.07) is 0. The Morgan fingerprint density at radius 2 is 1.60 bits per heavy atom. The Hall–Kier alpha value is 0.354. The van der Waals surface area contributed by atoms with Gasteiger partial charge in [-0.15, -0.1) is 0 Å². The topological polar surface area (TPSA) is 18.5 Å². The Labute approximate surface area is 69.1 Å². The van der Waals surface area contributed by atoms with E-state index in [-0.39, 0.29) is 24.6 Å². The second-order valence-electron chi connectivity index (χ2n) is 2.04. The van der Waals surface area contributed by atoms with Crippen molar-refractivity contribution in [1.29, 1.82) is 0 Å². The zero-order chi connectivity index (χ0) is 6.62. The molecule has 0 aromatic rings. The predicted octanol–water partition coefficient (Wildman–Crippen LogP) is 1.76. The van der Waals surface area contributed by atoms with Gasteiger partial charge in [-0.05, 0) is 13.1 Å². The van der Waals surface area contributed by atoms with Crippen molar-refractivity contribution in [2.75, 3.05) is 7.11 Å². The molecule has 0 aliphatic rings. The van der Waals surface area contributed by atoms with Crippen LogP contribution in [0.1, 0.15) is 14.9 Å². The first kappa shape index (κ1) is 16.8. The molecule has 66 valence electrons. The summed E-state index contributed by atoms with van der Waals surface area (Å²) in [5, 5.41) is 0. The van der Waals surface area contributed by atoms with Crippen molar-refractivity contribution < 1.29 is 8.54 Å². The summed E-state index contributed by atoms with van der Waals surface area (Å²) < 4.78 is 10.6. The Morgan fingerprint density at radius 1 is 1.20 bits per heavy atom. The number of hydrogen-bond donors (Lipinski definition) is 0. The van der Waals surface area contributed by atoms with Gasteiger partial charge in [0.25, 0.3) is 0 Å². The summed E-state index contributed by atoms with van der Waals surface area (Å²) >= 11 is 0. The molecule has 0 rings (SSSR count). The van der Waals surface area contributed by atoms with Gasteiger partial charge in [0.2, 0.25) is 0 Å². The van der Waals surface area contributed by atoms with E-state index in [0.29, 0.717) is 0 Å². The van der Waals surface area contributed by atoms with Crippen LogP contribution in [0.3, 0.4) is 0 Å². The van der Waals surface area contributed by atoms with Gasteiger partial charge >= 0.3 is 8.56 Å². The lowest BCUT2D eigenvalue weighted by Crippen LogP contribution is -2.33. The minimum absolute atomic E-state index is 0. The van der Waals surface area contributed by atoms with Gasteiger partial charge in [0, 0.05) is 7.11 Å². The Balaban J connectivity index is -0.000000245. The third-order valence-corrected chi connectivity index (χ3v) is 5.90. The Morgan fingerprint density at radius 3 is 1.70 bits per heavy atom. The molecule has 0 aromatic carbocycles. The van der Waals surface area contributed by atoms with E-state index in [9.17, 15) is 0 Å². The molecule has 0 saturated carbocycles. The Bertz CT molecular complexity index is 66.8. The predicted molar refractivity (Wildman–Crippen MR) is 53.4 cm³/mol. The van der Waals surface area contributed by atoms with E-state index in [0.717, 1.165) is 0 Å².